The van der Waals surface area contributed by atoms with Crippen LogP contribution in [0.5, 0.6) is 0 Å². The number of nitrogens with one attached hydrogen (secondary N) is 1. The first kappa shape index (κ1) is 12.7. The minimum absolute atomic E-state index is 0.216. The van der Waals surface area contributed by atoms with Crippen LogP contribution in [0.1, 0.15) is 25.8 Å². The number of hydrogen-bond donors (Lipinski definition) is 2. The second-order valence-electron chi connectivity index (χ2n) is 4.02. The Morgan fingerprint density at radius 2 is 2.00 bits per heavy atom. The normalized spacial score (nSPS) is 14.4. The molecular weight excluding hydrogens is 202 g/mol. The largest absolute Gasteiger partial charge is 0.480 e. The Balaban J connectivity index is 2.53. The van der Waals surface area contributed by atoms with E-state index < -0.39 is 12.0 Å². The Morgan fingerprint density at radius 3 is 2.50 bits per heavy atom. The highest BCUT2D eigenvalue weighted by Gasteiger charge is 2.15. The molecule has 0 saturated carbocycles. The molecule has 16 heavy (non-hydrogen) atoms. The fourth-order valence-electron chi connectivity index (χ4n) is 1.64. The molecule has 0 aromatic heterocycles. The lowest BCUT2D eigenvalue weighted by Crippen LogP contribution is -2.42. The van der Waals surface area contributed by atoms with Crippen molar-refractivity contribution < 1.29 is 9.90 Å². The Kier molecular flexibility index (Phi) is 4.99. The van der Waals surface area contributed by atoms with Gasteiger partial charge in [-0.2, -0.15) is 0 Å². The summed E-state index contributed by atoms with van der Waals surface area (Å²) in [5.41, 5.74) is 1.24. The van der Waals surface area contributed by atoms with Gasteiger partial charge in [0.05, 0.1) is 0 Å². The van der Waals surface area contributed by atoms with Crippen LogP contribution in [-0.4, -0.2) is 23.2 Å². The van der Waals surface area contributed by atoms with E-state index in [1.807, 2.05) is 18.2 Å². The minimum atomic E-state index is -0.800. The van der Waals surface area contributed by atoms with Gasteiger partial charge < -0.3 is 10.4 Å². The van der Waals surface area contributed by atoms with Crippen molar-refractivity contribution in [3.63, 3.8) is 0 Å². The highest BCUT2D eigenvalue weighted by atomic mass is 16.4. The molecule has 0 radical (unpaired) electrons. The molecule has 0 spiro atoms. The number of rotatable bonds is 6. The van der Waals surface area contributed by atoms with Gasteiger partial charge in [0, 0.05) is 6.04 Å². The topological polar surface area (TPSA) is 49.3 Å². The number of carboxylic acid groups (broad SMARTS) is 1. The van der Waals surface area contributed by atoms with E-state index in [4.69, 9.17) is 5.11 Å². The van der Waals surface area contributed by atoms with Gasteiger partial charge in [-0.25, -0.2) is 0 Å². The van der Waals surface area contributed by atoms with Crippen molar-refractivity contribution in [3.05, 3.63) is 35.9 Å². The fraction of sp³-hybridized carbons (Fsp3) is 0.462. The summed E-state index contributed by atoms with van der Waals surface area (Å²) in [6, 6.07) is 9.84. The van der Waals surface area contributed by atoms with Crippen LogP contribution in [0.3, 0.4) is 0 Å². The molecule has 3 heteroatoms. The van der Waals surface area contributed by atoms with Crippen LogP contribution in [0.4, 0.5) is 0 Å². The van der Waals surface area contributed by atoms with Gasteiger partial charge >= 0.3 is 5.97 Å². The summed E-state index contributed by atoms with van der Waals surface area (Å²) in [7, 11) is 0. The highest BCUT2D eigenvalue weighted by molar-refractivity contribution is 5.72. The highest BCUT2D eigenvalue weighted by Crippen LogP contribution is 2.06. The van der Waals surface area contributed by atoms with Gasteiger partial charge in [0.1, 0.15) is 6.04 Å². The number of hydrogen-bond acceptors (Lipinski definition) is 2. The maximum atomic E-state index is 10.7. The van der Waals surface area contributed by atoms with Crippen molar-refractivity contribution in [2.24, 2.45) is 0 Å². The maximum absolute atomic E-state index is 10.7. The van der Waals surface area contributed by atoms with Crippen LogP contribution in [0.15, 0.2) is 30.3 Å². The molecule has 88 valence electrons. The molecule has 0 saturated heterocycles. The molecular formula is C13H19NO2. The van der Waals surface area contributed by atoms with E-state index in [-0.39, 0.29) is 6.04 Å². The first-order valence-electron chi connectivity index (χ1n) is 5.66. The summed E-state index contributed by atoms with van der Waals surface area (Å²) in [5, 5.41) is 11.9. The quantitative estimate of drug-likeness (QED) is 0.773. The lowest BCUT2D eigenvalue weighted by molar-refractivity contribution is -0.139. The molecule has 0 amide bonds. The van der Waals surface area contributed by atoms with Crippen LogP contribution < -0.4 is 5.32 Å². The molecule has 0 bridgehead atoms. The van der Waals surface area contributed by atoms with Crippen molar-refractivity contribution in [1.29, 1.82) is 0 Å². The molecule has 3 nitrogen and oxygen atoms in total. The van der Waals surface area contributed by atoms with Crippen molar-refractivity contribution in [2.45, 2.75) is 38.8 Å². The SMILES string of the molecule is CCC(Cc1ccccc1)NC(C)C(=O)O. The van der Waals surface area contributed by atoms with Gasteiger partial charge in [0.15, 0.2) is 0 Å². The van der Waals surface area contributed by atoms with E-state index in [0.717, 1.165) is 12.8 Å². The molecule has 0 aliphatic carbocycles. The summed E-state index contributed by atoms with van der Waals surface area (Å²) in [5.74, 6) is -0.800. The lowest BCUT2D eigenvalue weighted by atomic mass is 10.0. The molecule has 0 heterocycles. The van der Waals surface area contributed by atoms with Gasteiger partial charge in [-0.15, -0.1) is 0 Å². The Labute approximate surface area is 96.5 Å². The van der Waals surface area contributed by atoms with Crippen LogP contribution in [0.25, 0.3) is 0 Å². The van der Waals surface area contributed by atoms with Crippen molar-refractivity contribution in [3.8, 4) is 0 Å². The van der Waals surface area contributed by atoms with Crippen LogP contribution in [-0.2, 0) is 11.2 Å². The number of carboxylic acids is 1. The number of benzene rings is 1. The Morgan fingerprint density at radius 1 is 1.38 bits per heavy atom. The van der Waals surface area contributed by atoms with Gasteiger partial charge in [-0.3, -0.25) is 4.79 Å². The van der Waals surface area contributed by atoms with Crippen molar-refractivity contribution >= 4 is 5.97 Å². The summed E-state index contributed by atoms with van der Waals surface area (Å²) in [6.45, 7) is 3.74. The molecule has 2 atom stereocenters. The molecule has 0 aliphatic heterocycles. The Bertz CT molecular complexity index is 324. The van der Waals surface area contributed by atoms with E-state index in [1.54, 1.807) is 6.92 Å². The molecule has 2 unspecified atom stereocenters. The lowest BCUT2D eigenvalue weighted by Gasteiger charge is -2.19. The zero-order valence-electron chi connectivity index (χ0n) is 9.81. The molecule has 0 aliphatic rings. The minimum Gasteiger partial charge on any atom is -0.480 e. The summed E-state index contributed by atoms with van der Waals surface area (Å²) < 4.78 is 0. The number of aliphatic carboxylic acids is 1. The van der Waals surface area contributed by atoms with Crippen LogP contribution in [0, 0.1) is 0 Å². The van der Waals surface area contributed by atoms with Crippen LogP contribution in [0.2, 0.25) is 0 Å². The third-order valence-electron chi connectivity index (χ3n) is 2.67. The predicted molar refractivity (Wildman–Crippen MR) is 64.5 cm³/mol. The average molecular weight is 221 g/mol. The summed E-state index contributed by atoms with van der Waals surface area (Å²) in [6.07, 6.45) is 1.79. The zero-order valence-corrected chi connectivity index (χ0v) is 9.81. The predicted octanol–water partition coefficient (Wildman–Crippen LogP) is 2.07. The second-order valence-corrected chi connectivity index (χ2v) is 4.02. The first-order valence-corrected chi connectivity index (χ1v) is 5.66. The molecule has 2 N–H and O–H groups in total. The van der Waals surface area contributed by atoms with E-state index in [2.05, 4.69) is 24.4 Å². The van der Waals surface area contributed by atoms with Crippen LogP contribution >= 0.6 is 0 Å². The fourth-order valence-corrected chi connectivity index (χ4v) is 1.64. The van der Waals surface area contributed by atoms with E-state index in [0.29, 0.717) is 0 Å². The molecule has 1 aromatic carbocycles. The summed E-state index contributed by atoms with van der Waals surface area (Å²) >= 11 is 0. The first-order chi connectivity index (χ1) is 7.63. The van der Waals surface area contributed by atoms with Crippen molar-refractivity contribution in [1.82, 2.24) is 5.32 Å². The third-order valence-corrected chi connectivity index (χ3v) is 2.67. The monoisotopic (exact) mass is 221 g/mol. The van der Waals surface area contributed by atoms with E-state index in [1.165, 1.54) is 5.56 Å². The van der Waals surface area contributed by atoms with Gasteiger partial charge in [0.2, 0.25) is 0 Å². The molecule has 1 aromatic rings. The van der Waals surface area contributed by atoms with Gasteiger partial charge in [-0.1, -0.05) is 37.3 Å². The summed E-state index contributed by atoms with van der Waals surface area (Å²) in [4.78, 5) is 10.7. The third kappa shape index (κ3) is 4.03. The average Bonchev–Trinajstić information content (AvgIpc) is 2.29. The van der Waals surface area contributed by atoms with Gasteiger partial charge in [0.25, 0.3) is 0 Å². The van der Waals surface area contributed by atoms with Gasteiger partial charge in [-0.05, 0) is 25.3 Å². The number of carbonyl (C=O) groups is 1. The zero-order chi connectivity index (χ0) is 12.0. The molecule has 0 fully saturated rings. The Hall–Kier alpha value is -1.35. The van der Waals surface area contributed by atoms with E-state index >= 15 is 0 Å². The second kappa shape index (κ2) is 6.28. The molecule has 1 rings (SSSR count). The maximum Gasteiger partial charge on any atom is 0.320 e. The van der Waals surface area contributed by atoms with E-state index in [9.17, 15) is 4.79 Å². The van der Waals surface area contributed by atoms with Crippen molar-refractivity contribution in [2.75, 3.05) is 0 Å². The smallest absolute Gasteiger partial charge is 0.320 e. The standard InChI is InChI=1S/C13H19NO2/c1-3-12(14-10(2)13(15)16)9-11-7-5-4-6-8-11/h4-8,10,12,14H,3,9H2,1-2H3,(H,15,16).